The van der Waals surface area contributed by atoms with Crippen LogP contribution in [0.4, 0.5) is 0 Å². The monoisotopic (exact) mass is 198 g/mol. The second-order valence-electron chi connectivity index (χ2n) is 3.59. The van der Waals surface area contributed by atoms with E-state index >= 15 is 0 Å². The topological polar surface area (TPSA) is 17.3 Å². The van der Waals surface area contributed by atoms with E-state index in [4.69, 9.17) is 0 Å². The molecular formula is C10H18N2S. The molecule has 0 amide bonds. The van der Waals surface area contributed by atoms with Crippen molar-refractivity contribution in [2.24, 2.45) is 10.9 Å². The number of nitrogens with zero attached hydrogens (tertiary/aromatic N) is 2. The van der Waals surface area contributed by atoms with Crippen molar-refractivity contribution in [3.05, 3.63) is 16.4 Å². The molecule has 3 heteroatoms. The van der Waals surface area contributed by atoms with Crippen molar-refractivity contribution in [2.75, 3.05) is 0 Å². The third-order valence-corrected chi connectivity index (χ3v) is 3.09. The van der Waals surface area contributed by atoms with Crippen LogP contribution in [0.1, 0.15) is 27.7 Å². The molecule has 1 unspecified atom stereocenters. The standard InChI is InChI=1S/C10H18N2S/c1-5-12-6-7-13-10(12)11-9(4)8(2)3/h6-9H,5H2,1-4H3/b11-10+. The lowest BCUT2D eigenvalue weighted by molar-refractivity contribution is 0.515. The summed E-state index contributed by atoms with van der Waals surface area (Å²) < 4.78 is 2.18. The highest BCUT2D eigenvalue weighted by Crippen LogP contribution is 2.04. The van der Waals surface area contributed by atoms with Crippen LogP contribution in [-0.4, -0.2) is 10.6 Å². The Balaban J connectivity index is 2.92. The Morgan fingerprint density at radius 1 is 1.46 bits per heavy atom. The van der Waals surface area contributed by atoms with E-state index in [-0.39, 0.29) is 0 Å². The molecule has 2 nitrogen and oxygen atoms in total. The Morgan fingerprint density at radius 2 is 2.15 bits per heavy atom. The number of aryl methyl sites for hydroxylation is 1. The summed E-state index contributed by atoms with van der Waals surface area (Å²) in [5, 5.41) is 2.09. The van der Waals surface area contributed by atoms with E-state index in [2.05, 4.69) is 48.8 Å². The molecule has 1 atom stereocenters. The minimum Gasteiger partial charge on any atom is -0.324 e. The zero-order chi connectivity index (χ0) is 9.84. The van der Waals surface area contributed by atoms with Crippen molar-refractivity contribution in [2.45, 2.75) is 40.3 Å². The average Bonchev–Trinajstić information content (AvgIpc) is 2.51. The van der Waals surface area contributed by atoms with Crippen LogP contribution in [0.2, 0.25) is 0 Å². The van der Waals surface area contributed by atoms with E-state index < -0.39 is 0 Å². The lowest BCUT2D eigenvalue weighted by Crippen LogP contribution is -2.18. The summed E-state index contributed by atoms with van der Waals surface area (Å²) in [5.74, 6) is 0.618. The average molecular weight is 198 g/mol. The molecule has 1 rings (SSSR count). The molecule has 1 aromatic heterocycles. The highest BCUT2D eigenvalue weighted by Gasteiger charge is 2.04. The van der Waals surface area contributed by atoms with Gasteiger partial charge in [-0.1, -0.05) is 13.8 Å². The van der Waals surface area contributed by atoms with Crippen molar-refractivity contribution in [1.29, 1.82) is 0 Å². The van der Waals surface area contributed by atoms with Crippen LogP contribution in [0.3, 0.4) is 0 Å². The summed E-state index contributed by atoms with van der Waals surface area (Å²) in [6.45, 7) is 9.74. The van der Waals surface area contributed by atoms with Gasteiger partial charge in [0.25, 0.3) is 0 Å². The quantitative estimate of drug-likeness (QED) is 0.710. The summed E-state index contributed by atoms with van der Waals surface area (Å²) in [7, 11) is 0. The lowest BCUT2D eigenvalue weighted by Gasteiger charge is -2.09. The normalized spacial score (nSPS) is 15.3. The fourth-order valence-corrected chi connectivity index (χ4v) is 1.85. The van der Waals surface area contributed by atoms with E-state index in [1.165, 1.54) is 0 Å². The van der Waals surface area contributed by atoms with Crippen LogP contribution in [-0.2, 0) is 6.54 Å². The fraction of sp³-hybridized carbons (Fsp3) is 0.700. The van der Waals surface area contributed by atoms with Gasteiger partial charge < -0.3 is 4.57 Å². The fourth-order valence-electron chi connectivity index (χ4n) is 0.965. The Morgan fingerprint density at radius 3 is 2.69 bits per heavy atom. The van der Waals surface area contributed by atoms with Gasteiger partial charge in [0.15, 0.2) is 4.80 Å². The predicted octanol–water partition coefficient (Wildman–Crippen LogP) is 2.51. The molecule has 0 saturated heterocycles. The smallest absolute Gasteiger partial charge is 0.184 e. The first-order chi connectivity index (χ1) is 6.15. The van der Waals surface area contributed by atoms with E-state index in [0.717, 1.165) is 11.3 Å². The maximum absolute atomic E-state index is 4.67. The molecule has 0 N–H and O–H groups in total. The van der Waals surface area contributed by atoms with E-state index in [1.807, 2.05) is 0 Å². The molecule has 0 spiro atoms. The zero-order valence-corrected chi connectivity index (χ0v) is 9.64. The molecule has 0 aliphatic heterocycles. The lowest BCUT2D eigenvalue weighted by atomic mass is 10.1. The molecule has 13 heavy (non-hydrogen) atoms. The molecule has 1 heterocycles. The summed E-state index contributed by atoms with van der Waals surface area (Å²) >= 11 is 1.72. The van der Waals surface area contributed by atoms with Crippen molar-refractivity contribution in [3.63, 3.8) is 0 Å². The van der Waals surface area contributed by atoms with Gasteiger partial charge in [-0.2, -0.15) is 0 Å². The summed E-state index contributed by atoms with van der Waals surface area (Å²) in [6.07, 6.45) is 2.09. The Kier molecular flexibility index (Phi) is 3.72. The van der Waals surface area contributed by atoms with Gasteiger partial charge in [0.05, 0.1) is 6.04 Å². The molecule has 1 aromatic rings. The molecular weight excluding hydrogens is 180 g/mol. The van der Waals surface area contributed by atoms with E-state index in [1.54, 1.807) is 11.3 Å². The minimum atomic E-state index is 0.413. The van der Waals surface area contributed by atoms with Crippen LogP contribution in [0.25, 0.3) is 0 Å². The second kappa shape index (κ2) is 4.61. The maximum atomic E-state index is 4.67. The van der Waals surface area contributed by atoms with Crippen molar-refractivity contribution in [3.8, 4) is 0 Å². The van der Waals surface area contributed by atoms with Gasteiger partial charge in [0.2, 0.25) is 0 Å². The molecule has 0 aliphatic carbocycles. The summed E-state index contributed by atoms with van der Waals surface area (Å²) in [5.41, 5.74) is 0. The second-order valence-corrected chi connectivity index (χ2v) is 4.46. The van der Waals surface area contributed by atoms with Crippen LogP contribution in [0, 0.1) is 5.92 Å². The van der Waals surface area contributed by atoms with E-state index in [0.29, 0.717) is 12.0 Å². The number of hydrogen-bond donors (Lipinski definition) is 0. The Bertz CT molecular complexity index is 309. The van der Waals surface area contributed by atoms with Crippen LogP contribution in [0.15, 0.2) is 16.6 Å². The van der Waals surface area contributed by atoms with E-state index in [9.17, 15) is 0 Å². The van der Waals surface area contributed by atoms with Crippen LogP contribution in [0.5, 0.6) is 0 Å². The molecule has 0 radical (unpaired) electrons. The molecule has 0 fully saturated rings. The molecule has 0 saturated carbocycles. The molecule has 74 valence electrons. The van der Waals surface area contributed by atoms with Gasteiger partial charge in [0.1, 0.15) is 0 Å². The van der Waals surface area contributed by atoms with Crippen molar-refractivity contribution < 1.29 is 0 Å². The van der Waals surface area contributed by atoms with Gasteiger partial charge in [-0.15, -0.1) is 11.3 Å². The highest BCUT2D eigenvalue weighted by atomic mass is 32.1. The first-order valence-corrected chi connectivity index (χ1v) is 5.71. The van der Waals surface area contributed by atoms with Gasteiger partial charge in [-0.3, -0.25) is 4.99 Å². The summed E-state index contributed by atoms with van der Waals surface area (Å²) in [4.78, 5) is 5.81. The third kappa shape index (κ3) is 2.69. The van der Waals surface area contributed by atoms with Gasteiger partial charge in [-0.25, -0.2) is 0 Å². The van der Waals surface area contributed by atoms with Crippen molar-refractivity contribution in [1.82, 2.24) is 4.57 Å². The molecule has 0 aliphatic rings. The maximum Gasteiger partial charge on any atom is 0.184 e. The SMILES string of the molecule is CCn1ccs/c1=N/C(C)C(C)C. The highest BCUT2D eigenvalue weighted by molar-refractivity contribution is 7.07. The van der Waals surface area contributed by atoms with Gasteiger partial charge >= 0.3 is 0 Å². The zero-order valence-electron chi connectivity index (χ0n) is 8.82. The van der Waals surface area contributed by atoms with Crippen molar-refractivity contribution >= 4 is 11.3 Å². The van der Waals surface area contributed by atoms with Crippen LogP contribution >= 0.6 is 11.3 Å². The minimum absolute atomic E-state index is 0.413. The third-order valence-electron chi connectivity index (χ3n) is 2.28. The predicted molar refractivity (Wildman–Crippen MR) is 57.8 cm³/mol. The Labute approximate surface area is 84.0 Å². The number of aromatic nitrogens is 1. The molecule has 0 aromatic carbocycles. The summed E-state index contributed by atoms with van der Waals surface area (Å²) in [6, 6.07) is 0.413. The van der Waals surface area contributed by atoms with Gasteiger partial charge in [-0.05, 0) is 19.8 Å². The Hall–Kier alpha value is -0.570. The first kappa shape index (κ1) is 10.5. The van der Waals surface area contributed by atoms with Gasteiger partial charge in [0, 0.05) is 18.1 Å². The largest absolute Gasteiger partial charge is 0.324 e. The number of rotatable bonds is 3. The first-order valence-electron chi connectivity index (χ1n) is 4.83. The molecule has 0 bridgehead atoms. The van der Waals surface area contributed by atoms with Crippen LogP contribution < -0.4 is 4.80 Å². The number of hydrogen-bond acceptors (Lipinski definition) is 2. The number of thiazole rings is 1.